The van der Waals surface area contributed by atoms with Crippen molar-refractivity contribution in [3.8, 4) is 11.5 Å². The lowest BCUT2D eigenvalue weighted by Gasteiger charge is -2.46. The van der Waals surface area contributed by atoms with E-state index in [1.165, 1.54) is 48.4 Å². The molecule has 58 heavy (non-hydrogen) atoms. The molecule has 0 radical (unpaired) electrons. The Morgan fingerprint density at radius 2 is 1.69 bits per heavy atom. The van der Waals surface area contributed by atoms with E-state index in [4.69, 9.17) is 10.5 Å². The molecule has 9 nitrogen and oxygen atoms in total. The quantitative estimate of drug-likeness (QED) is 0.0288. The van der Waals surface area contributed by atoms with Gasteiger partial charge in [0.1, 0.15) is 5.78 Å². The maximum absolute atomic E-state index is 13.1. The number of unbranched alkanes of at least 4 members (excludes halogenated alkanes) is 2. The monoisotopic (exact) mass is 788 g/mol. The van der Waals surface area contributed by atoms with Gasteiger partial charge >= 0.3 is 0 Å². The van der Waals surface area contributed by atoms with Crippen LogP contribution >= 0.6 is 0 Å². The summed E-state index contributed by atoms with van der Waals surface area (Å²) in [4.78, 5) is 25.9. The number of nitrogens with one attached hydrogen (secondary N) is 3. The summed E-state index contributed by atoms with van der Waals surface area (Å²) in [6.07, 6.45) is 19.0. The van der Waals surface area contributed by atoms with Gasteiger partial charge in [-0.3, -0.25) is 9.59 Å². The number of aryl methyl sites for hydroxylation is 3. The number of rotatable bonds is 21. The number of hydrogen-bond donors (Lipinski definition) is 6. The number of aliphatic hydroxyl groups excluding tert-OH is 1. The van der Waals surface area contributed by atoms with Crippen LogP contribution in [0.4, 0.5) is 0 Å². The van der Waals surface area contributed by atoms with Crippen molar-refractivity contribution >= 4 is 17.6 Å². The zero-order chi connectivity index (χ0) is 40.7. The molecule has 2 fully saturated rings. The Bertz CT molecular complexity index is 1910. The van der Waals surface area contributed by atoms with E-state index in [1.807, 2.05) is 18.3 Å². The summed E-state index contributed by atoms with van der Waals surface area (Å²) in [5.41, 5.74) is 13.8. The molecule has 2 heterocycles. The second-order valence-corrected chi connectivity index (χ2v) is 16.5. The van der Waals surface area contributed by atoms with Crippen molar-refractivity contribution in [3.05, 3.63) is 124 Å². The Labute approximate surface area is 345 Å². The maximum atomic E-state index is 13.1. The van der Waals surface area contributed by atoms with Crippen LogP contribution in [0, 0.1) is 17.8 Å². The molecule has 5 atom stereocenters. The van der Waals surface area contributed by atoms with Crippen LogP contribution in [0.3, 0.4) is 0 Å². The first kappa shape index (κ1) is 43.0. The number of carbonyl (C=O) groups excluding carboxylic acids is 2. The topological polar surface area (TPSA) is 146 Å². The van der Waals surface area contributed by atoms with Crippen molar-refractivity contribution in [2.75, 3.05) is 26.9 Å². The molecule has 1 saturated heterocycles. The molecule has 6 rings (SSSR count). The Kier molecular flexibility index (Phi) is 16.3. The normalized spacial score (nSPS) is 21.8. The molecule has 0 bridgehead atoms. The Morgan fingerprint density at radius 1 is 0.914 bits per heavy atom. The van der Waals surface area contributed by atoms with Crippen LogP contribution in [-0.4, -0.2) is 60.9 Å². The molecule has 1 unspecified atom stereocenters. The number of benzene rings is 3. The van der Waals surface area contributed by atoms with Gasteiger partial charge in [-0.2, -0.15) is 0 Å². The second kappa shape index (κ2) is 22.0. The fraction of sp³-hybridized carbons (Fsp3) is 0.469. The predicted molar refractivity (Wildman–Crippen MR) is 232 cm³/mol. The van der Waals surface area contributed by atoms with Gasteiger partial charge in [0.15, 0.2) is 24.1 Å². The van der Waals surface area contributed by atoms with E-state index in [0.717, 1.165) is 86.6 Å². The fourth-order valence-electron chi connectivity index (χ4n) is 9.46. The van der Waals surface area contributed by atoms with Gasteiger partial charge in [0.2, 0.25) is 0 Å². The molecule has 3 aromatic rings. The van der Waals surface area contributed by atoms with Gasteiger partial charge in [-0.05, 0) is 165 Å². The van der Waals surface area contributed by atoms with E-state index < -0.39 is 6.79 Å². The minimum Gasteiger partial charge on any atom is -0.504 e. The summed E-state index contributed by atoms with van der Waals surface area (Å²) >= 11 is 0. The summed E-state index contributed by atoms with van der Waals surface area (Å²) in [5.74, 6) is 1.98. The summed E-state index contributed by atoms with van der Waals surface area (Å²) in [6.45, 7) is 1.66. The predicted octanol–water partition coefficient (Wildman–Crippen LogP) is 7.10. The molecule has 1 aliphatic carbocycles. The number of fused-ring (bicyclic) bond motifs is 1. The van der Waals surface area contributed by atoms with Gasteiger partial charge < -0.3 is 36.6 Å². The van der Waals surface area contributed by atoms with Gasteiger partial charge in [-0.25, -0.2) is 0 Å². The van der Waals surface area contributed by atoms with Gasteiger partial charge in [-0.1, -0.05) is 73.5 Å². The highest BCUT2D eigenvalue weighted by atomic mass is 16.6. The minimum atomic E-state index is -0.605. The number of ether oxygens (including phenoxy) is 1. The number of dihydropyridines is 1. The van der Waals surface area contributed by atoms with Gasteiger partial charge in [0, 0.05) is 18.7 Å². The molecule has 2 aliphatic heterocycles. The van der Waals surface area contributed by atoms with Crippen molar-refractivity contribution < 1.29 is 24.5 Å². The number of ketones is 2. The smallest absolute Gasteiger partial charge is 0.186 e. The third-order valence-electron chi connectivity index (χ3n) is 12.6. The molecule has 9 heteroatoms. The van der Waals surface area contributed by atoms with E-state index in [-0.39, 0.29) is 35.7 Å². The largest absolute Gasteiger partial charge is 0.504 e. The maximum Gasteiger partial charge on any atom is 0.186 e. The van der Waals surface area contributed by atoms with Crippen LogP contribution in [0.15, 0.2) is 96.2 Å². The average molecular weight is 789 g/mol. The van der Waals surface area contributed by atoms with E-state index >= 15 is 0 Å². The van der Waals surface area contributed by atoms with Crippen LogP contribution in [-0.2, 0) is 35.3 Å². The van der Waals surface area contributed by atoms with Crippen molar-refractivity contribution in [2.24, 2.45) is 23.5 Å². The van der Waals surface area contributed by atoms with Gasteiger partial charge in [-0.15, -0.1) is 0 Å². The van der Waals surface area contributed by atoms with Gasteiger partial charge in [0.25, 0.3) is 0 Å². The van der Waals surface area contributed by atoms with Crippen LogP contribution in [0.2, 0.25) is 0 Å². The zero-order valence-electron chi connectivity index (χ0n) is 34.3. The summed E-state index contributed by atoms with van der Waals surface area (Å²) in [7, 11) is 2.10. The van der Waals surface area contributed by atoms with Crippen LogP contribution in [0.1, 0.15) is 92.0 Å². The minimum absolute atomic E-state index is 0.0413. The molecule has 0 aromatic heterocycles. The average Bonchev–Trinajstić information content (AvgIpc) is 3.23. The fourth-order valence-corrected chi connectivity index (χ4v) is 9.46. The van der Waals surface area contributed by atoms with Crippen LogP contribution in [0.25, 0.3) is 6.08 Å². The lowest BCUT2D eigenvalue weighted by molar-refractivity contribution is -0.124. The highest BCUT2D eigenvalue weighted by molar-refractivity contribution is 6.06. The lowest BCUT2D eigenvalue weighted by Crippen LogP contribution is -2.50. The first-order valence-corrected chi connectivity index (χ1v) is 21.5. The van der Waals surface area contributed by atoms with Crippen molar-refractivity contribution in [1.29, 1.82) is 0 Å². The first-order valence-electron chi connectivity index (χ1n) is 21.5. The third kappa shape index (κ3) is 12.5. The molecule has 0 spiro atoms. The Hall–Kier alpha value is -4.54. The molecule has 0 amide bonds. The SMILES string of the molecule is CN[C@@H]1CC[C@@H]2CNCC[C@@H]2[C@H]1CCCCCC(=O)CC(=O)/C=C/c1cc(OCO)c(O)cc1CC1=CNC(N)C=C1CCc1cccc(CCc2ccccc2)c1. The molecule has 310 valence electrons. The summed E-state index contributed by atoms with van der Waals surface area (Å²) < 4.78 is 5.28. The molecule has 3 aliphatic rings. The van der Waals surface area contributed by atoms with Gasteiger partial charge in [0.05, 0.1) is 12.6 Å². The molecule has 7 N–H and O–H groups in total. The standard InChI is InChI=1S/C49H64N4O5/c1-51-46-22-20-39-31-52-24-23-44(39)45(46)14-7-3-6-13-42(55)30-43(56)21-19-37-28-48(58-33-54)47(57)27-40(37)26-41-32-53-49(50)29-38(41)18-17-36-12-8-11-35(25-36)16-15-34-9-4-2-5-10-34/h2,4-5,8-12,19,21,25,27-29,32,39,44-46,49,51-54,57H,3,6-7,13-18,20,22-24,26,30-31,33,50H2,1H3/b21-19+/t39-,44+,45-,46-,49?/m1/s1. The summed E-state index contributed by atoms with van der Waals surface area (Å²) in [5, 5.41) is 30.6. The summed E-state index contributed by atoms with van der Waals surface area (Å²) in [6, 6.07) is 23.1. The molecule has 1 saturated carbocycles. The van der Waals surface area contributed by atoms with Crippen molar-refractivity contribution in [1.82, 2.24) is 16.0 Å². The van der Waals surface area contributed by atoms with Crippen molar-refractivity contribution in [3.63, 3.8) is 0 Å². The van der Waals surface area contributed by atoms with E-state index in [2.05, 4.69) is 71.5 Å². The lowest BCUT2D eigenvalue weighted by atomic mass is 9.65. The van der Waals surface area contributed by atoms with E-state index in [9.17, 15) is 19.8 Å². The number of allylic oxidation sites excluding steroid dienone is 3. The zero-order valence-corrected chi connectivity index (χ0v) is 34.3. The number of aromatic hydroxyl groups is 1. The first-order chi connectivity index (χ1) is 28.3. The van der Waals surface area contributed by atoms with E-state index in [0.29, 0.717) is 30.4 Å². The number of piperidine rings is 1. The Morgan fingerprint density at radius 3 is 2.48 bits per heavy atom. The van der Waals surface area contributed by atoms with Crippen molar-refractivity contribution in [2.45, 2.75) is 102 Å². The number of hydrogen-bond acceptors (Lipinski definition) is 9. The Balaban J connectivity index is 1.02. The number of Topliss-reactive ketones (excluding diaryl/α,β-unsaturated/α-hetero) is 1. The molecule has 3 aromatic carbocycles. The highest BCUT2D eigenvalue weighted by Gasteiger charge is 2.39. The van der Waals surface area contributed by atoms with E-state index in [1.54, 1.807) is 18.2 Å². The number of aliphatic hydroxyl groups is 1. The van der Waals surface area contributed by atoms with Crippen LogP contribution in [0.5, 0.6) is 11.5 Å². The number of nitrogens with two attached hydrogens (primary N) is 1. The highest BCUT2D eigenvalue weighted by Crippen LogP contribution is 2.41. The molecular formula is C49H64N4O5. The number of carbonyl (C=O) groups is 2. The third-order valence-corrected chi connectivity index (χ3v) is 12.6. The van der Waals surface area contributed by atoms with Crippen LogP contribution < -0.4 is 26.4 Å². The molecular weight excluding hydrogens is 725 g/mol. The number of phenolic OH excluding ortho intramolecular Hbond substituents is 1. The number of phenols is 1. The second-order valence-electron chi connectivity index (χ2n) is 16.5.